The van der Waals surface area contributed by atoms with E-state index in [0.29, 0.717) is 12.5 Å². The van der Waals surface area contributed by atoms with E-state index in [1.54, 1.807) is 7.11 Å². The second-order valence-corrected chi connectivity index (χ2v) is 10.1. The van der Waals surface area contributed by atoms with Crippen LogP contribution < -0.4 is 15.0 Å². The van der Waals surface area contributed by atoms with Crippen molar-refractivity contribution in [2.45, 2.75) is 45.4 Å². The minimum absolute atomic E-state index is 0.172. The Kier molecular flexibility index (Phi) is 8.34. The first kappa shape index (κ1) is 26.5. The standard InChI is InChI=1S/C32H39N3O2/c1-6-35-29-17-16-27(36-5)20-28(29)32(4,21-24-12-14-25(15-13-24)23(2)3)30(35)18-19-34-22-37-31(33)26-10-8-7-9-11-26/h7-18,20,23,33-34H,6,19,21-22H2,1-5H3/b30-18-,33-31?. The number of hydrogen-bond donors (Lipinski definition) is 2. The summed E-state index contributed by atoms with van der Waals surface area (Å²) in [7, 11) is 1.73. The van der Waals surface area contributed by atoms with Crippen molar-refractivity contribution >= 4 is 11.6 Å². The van der Waals surface area contributed by atoms with Crippen molar-refractivity contribution in [2.24, 2.45) is 0 Å². The van der Waals surface area contributed by atoms with E-state index in [2.05, 4.69) is 80.4 Å². The van der Waals surface area contributed by atoms with Crippen LogP contribution in [-0.4, -0.2) is 32.8 Å². The fourth-order valence-corrected chi connectivity index (χ4v) is 5.20. The lowest BCUT2D eigenvalue weighted by atomic mass is 9.76. The molecule has 5 heteroatoms. The Balaban J connectivity index is 1.56. The fourth-order valence-electron chi connectivity index (χ4n) is 5.20. The van der Waals surface area contributed by atoms with Crippen LogP contribution in [0.2, 0.25) is 0 Å². The number of likely N-dealkylation sites (N-methyl/N-ethyl adjacent to an activating group) is 1. The molecule has 0 aliphatic carbocycles. The molecule has 194 valence electrons. The number of allylic oxidation sites excluding steroid dienone is 1. The van der Waals surface area contributed by atoms with E-state index in [4.69, 9.17) is 14.9 Å². The van der Waals surface area contributed by atoms with Crippen LogP contribution >= 0.6 is 0 Å². The quantitative estimate of drug-likeness (QED) is 0.143. The van der Waals surface area contributed by atoms with E-state index in [-0.39, 0.29) is 18.0 Å². The van der Waals surface area contributed by atoms with Crippen molar-refractivity contribution < 1.29 is 9.47 Å². The smallest absolute Gasteiger partial charge is 0.214 e. The number of fused-ring (bicyclic) bond motifs is 1. The minimum Gasteiger partial charge on any atom is -0.497 e. The van der Waals surface area contributed by atoms with Gasteiger partial charge in [0.2, 0.25) is 5.90 Å². The third kappa shape index (κ3) is 5.72. The normalized spacial score (nSPS) is 17.8. The number of benzene rings is 3. The van der Waals surface area contributed by atoms with E-state index in [9.17, 15) is 0 Å². The highest BCUT2D eigenvalue weighted by Crippen LogP contribution is 2.50. The maximum atomic E-state index is 8.15. The summed E-state index contributed by atoms with van der Waals surface area (Å²) in [6.45, 7) is 10.8. The number of anilines is 1. The van der Waals surface area contributed by atoms with E-state index in [1.165, 1.54) is 28.1 Å². The van der Waals surface area contributed by atoms with Crippen LogP contribution in [-0.2, 0) is 16.6 Å². The molecule has 1 heterocycles. The molecule has 0 aromatic heterocycles. The van der Waals surface area contributed by atoms with E-state index < -0.39 is 0 Å². The first-order valence-electron chi connectivity index (χ1n) is 13.1. The predicted octanol–water partition coefficient (Wildman–Crippen LogP) is 6.63. The van der Waals surface area contributed by atoms with Crippen molar-refractivity contribution in [3.8, 4) is 5.75 Å². The predicted molar refractivity (Wildman–Crippen MR) is 153 cm³/mol. The lowest BCUT2D eigenvalue weighted by Gasteiger charge is -2.30. The maximum absolute atomic E-state index is 8.15. The molecule has 0 radical (unpaired) electrons. The van der Waals surface area contributed by atoms with Gasteiger partial charge in [0, 0.05) is 35.5 Å². The van der Waals surface area contributed by atoms with Crippen LogP contribution in [0.5, 0.6) is 5.75 Å². The number of rotatable bonds is 10. The van der Waals surface area contributed by atoms with Crippen LogP contribution in [0.4, 0.5) is 5.69 Å². The zero-order valence-electron chi connectivity index (χ0n) is 22.7. The Labute approximate surface area is 221 Å². The highest BCUT2D eigenvalue weighted by Gasteiger charge is 2.43. The van der Waals surface area contributed by atoms with Gasteiger partial charge in [-0.05, 0) is 73.2 Å². The number of nitrogens with one attached hydrogen (secondary N) is 2. The Morgan fingerprint density at radius 3 is 2.43 bits per heavy atom. The highest BCUT2D eigenvalue weighted by molar-refractivity contribution is 5.91. The molecule has 3 aromatic carbocycles. The van der Waals surface area contributed by atoms with Gasteiger partial charge in [-0.15, -0.1) is 0 Å². The van der Waals surface area contributed by atoms with Gasteiger partial charge in [-0.3, -0.25) is 10.7 Å². The molecule has 1 unspecified atom stereocenters. The van der Waals surface area contributed by atoms with Gasteiger partial charge in [0.1, 0.15) is 12.5 Å². The summed E-state index contributed by atoms with van der Waals surface area (Å²) in [6.07, 6.45) is 3.16. The molecule has 1 aliphatic heterocycles. The van der Waals surface area contributed by atoms with E-state index in [1.807, 2.05) is 36.4 Å². The molecule has 0 amide bonds. The molecular weight excluding hydrogens is 458 g/mol. The molecular formula is C32H39N3O2. The monoisotopic (exact) mass is 497 g/mol. The molecule has 0 saturated carbocycles. The van der Waals surface area contributed by atoms with E-state index >= 15 is 0 Å². The van der Waals surface area contributed by atoms with E-state index in [0.717, 1.165) is 24.3 Å². The average Bonchev–Trinajstić information content (AvgIpc) is 3.15. The van der Waals surface area contributed by atoms with Crippen molar-refractivity contribution in [3.63, 3.8) is 0 Å². The molecule has 4 rings (SSSR count). The van der Waals surface area contributed by atoms with Crippen molar-refractivity contribution in [1.82, 2.24) is 5.32 Å². The number of nitrogens with zero attached hydrogens (tertiary/aromatic N) is 1. The molecule has 37 heavy (non-hydrogen) atoms. The van der Waals surface area contributed by atoms with Crippen molar-refractivity contribution in [2.75, 3.05) is 31.8 Å². The van der Waals surface area contributed by atoms with Crippen LogP contribution in [0, 0.1) is 5.41 Å². The molecule has 0 fully saturated rings. The number of methoxy groups -OCH3 is 1. The van der Waals surface area contributed by atoms with Gasteiger partial charge >= 0.3 is 0 Å². The van der Waals surface area contributed by atoms with Gasteiger partial charge in [-0.2, -0.15) is 0 Å². The van der Waals surface area contributed by atoms with Crippen LogP contribution in [0.1, 0.15) is 55.9 Å². The number of ether oxygens (including phenoxy) is 2. The average molecular weight is 498 g/mol. The van der Waals surface area contributed by atoms with Crippen molar-refractivity contribution in [3.05, 3.63) is 107 Å². The van der Waals surface area contributed by atoms with Gasteiger partial charge in [0.15, 0.2) is 0 Å². The Morgan fingerprint density at radius 2 is 1.78 bits per heavy atom. The topological polar surface area (TPSA) is 57.6 Å². The van der Waals surface area contributed by atoms with Crippen LogP contribution in [0.3, 0.4) is 0 Å². The first-order valence-corrected chi connectivity index (χ1v) is 13.1. The van der Waals surface area contributed by atoms with Gasteiger partial charge in [0.05, 0.1) is 7.11 Å². The zero-order valence-corrected chi connectivity index (χ0v) is 22.7. The van der Waals surface area contributed by atoms with Gasteiger partial charge in [-0.1, -0.05) is 62.4 Å². The lowest BCUT2D eigenvalue weighted by Crippen LogP contribution is -2.32. The summed E-state index contributed by atoms with van der Waals surface area (Å²) >= 11 is 0. The highest BCUT2D eigenvalue weighted by atomic mass is 16.5. The Hall–Kier alpha value is -3.57. The summed E-state index contributed by atoms with van der Waals surface area (Å²) in [5, 5.41) is 11.5. The lowest BCUT2D eigenvalue weighted by molar-refractivity contribution is 0.276. The molecule has 0 saturated heterocycles. The van der Waals surface area contributed by atoms with Gasteiger partial charge < -0.3 is 14.4 Å². The summed E-state index contributed by atoms with van der Waals surface area (Å²) in [5.74, 6) is 1.57. The van der Waals surface area contributed by atoms with Gasteiger partial charge in [0.25, 0.3) is 0 Å². The molecule has 5 nitrogen and oxygen atoms in total. The Morgan fingerprint density at radius 1 is 1.05 bits per heavy atom. The minimum atomic E-state index is -0.210. The molecule has 1 atom stereocenters. The second-order valence-electron chi connectivity index (χ2n) is 10.1. The molecule has 0 bridgehead atoms. The largest absolute Gasteiger partial charge is 0.497 e. The van der Waals surface area contributed by atoms with Crippen molar-refractivity contribution in [1.29, 1.82) is 5.41 Å². The summed E-state index contributed by atoms with van der Waals surface area (Å²) in [5.41, 5.74) is 7.04. The zero-order chi connectivity index (χ0) is 26.4. The summed E-state index contributed by atoms with van der Waals surface area (Å²) in [4.78, 5) is 2.41. The fraction of sp³-hybridized carbons (Fsp3) is 0.344. The molecule has 2 N–H and O–H groups in total. The third-order valence-corrected chi connectivity index (χ3v) is 7.26. The van der Waals surface area contributed by atoms with Gasteiger partial charge in [-0.25, -0.2) is 0 Å². The number of hydrogen-bond acceptors (Lipinski definition) is 5. The van der Waals surface area contributed by atoms with Crippen LogP contribution in [0.25, 0.3) is 0 Å². The summed E-state index contributed by atoms with van der Waals surface area (Å²) in [6, 6.07) is 25.0. The Bertz CT molecular complexity index is 1230. The molecule has 1 aliphatic rings. The molecule has 3 aromatic rings. The SMILES string of the molecule is CCN1/C(=C\CNCOC(=N)c2ccccc2)C(C)(Cc2ccc(C(C)C)cc2)c2cc(OC)ccc21. The third-order valence-electron chi connectivity index (χ3n) is 7.26. The first-order chi connectivity index (χ1) is 17.9. The maximum Gasteiger partial charge on any atom is 0.214 e. The second kappa shape index (κ2) is 11.7. The summed E-state index contributed by atoms with van der Waals surface area (Å²) < 4.78 is 11.2. The molecule has 0 spiro atoms. The van der Waals surface area contributed by atoms with Crippen LogP contribution in [0.15, 0.2) is 84.6 Å².